The van der Waals surface area contributed by atoms with Crippen molar-refractivity contribution >= 4 is 27.4 Å². The number of hydrogen-bond donors (Lipinski definition) is 3. The molecule has 1 atom stereocenters. The van der Waals surface area contributed by atoms with Gasteiger partial charge in [-0.15, -0.1) is 0 Å². The van der Waals surface area contributed by atoms with Crippen LogP contribution in [-0.4, -0.2) is 67.7 Å². The van der Waals surface area contributed by atoms with Crippen molar-refractivity contribution in [3.05, 3.63) is 53.6 Å². The first kappa shape index (κ1) is 25.0. The molecule has 9 nitrogen and oxygen atoms in total. The van der Waals surface area contributed by atoms with Gasteiger partial charge in [-0.25, -0.2) is 21.9 Å². The summed E-state index contributed by atoms with van der Waals surface area (Å²) in [4.78, 5) is 18.6. The molecule has 1 aliphatic heterocycles. The number of nitrogens with one attached hydrogen (secondary N) is 3. The maximum atomic E-state index is 14.2. The van der Waals surface area contributed by atoms with Crippen LogP contribution < -0.4 is 16.0 Å². The molecule has 1 aromatic carbocycles. The zero-order valence-electron chi connectivity index (χ0n) is 19.1. The van der Waals surface area contributed by atoms with Gasteiger partial charge < -0.3 is 10.6 Å². The summed E-state index contributed by atoms with van der Waals surface area (Å²) in [7, 11) is -0.294. The molecular weight excluding hydrogens is 447 g/mol. The number of likely N-dealkylation sites (tertiary alicyclic amines) is 1. The van der Waals surface area contributed by atoms with Gasteiger partial charge in [0.2, 0.25) is 10.0 Å². The van der Waals surface area contributed by atoms with Crippen LogP contribution in [0, 0.1) is 12.7 Å². The summed E-state index contributed by atoms with van der Waals surface area (Å²) >= 11 is 0. The minimum absolute atomic E-state index is 0.0357. The van der Waals surface area contributed by atoms with E-state index < -0.39 is 21.9 Å². The van der Waals surface area contributed by atoms with E-state index >= 15 is 0 Å². The Labute approximate surface area is 194 Å². The van der Waals surface area contributed by atoms with Gasteiger partial charge in [0.05, 0.1) is 11.9 Å². The molecule has 1 saturated heterocycles. The number of amides is 2. The average Bonchev–Trinajstić information content (AvgIpc) is 2.74. The molecule has 1 aliphatic rings. The number of benzene rings is 1. The van der Waals surface area contributed by atoms with Crippen LogP contribution in [0.3, 0.4) is 0 Å². The third kappa shape index (κ3) is 7.74. The number of carbonyl (C=O) groups excluding carboxylic acids is 1. The van der Waals surface area contributed by atoms with Gasteiger partial charge in [-0.3, -0.25) is 15.2 Å². The van der Waals surface area contributed by atoms with Crippen molar-refractivity contribution in [1.82, 2.24) is 19.5 Å². The molecule has 3 N–H and O–H groups in total. The Morgan fingerprint density at radius 3 is 2.67 bits per heavy atom. The number of hydrogen-bond acceptors (Lipinski definition) is 6. The van der Waals surface area contributed by atoms with Crippen molar-refractivity contribution in [3.63, 3.8) is 0 Å². The molecule has 33 heavy (non-hydrogen) atoms. The van der Waals surface area contributed by atoms with Gasteiger partial charge >= 0.3 is 6.03 Å². The molecule has 1 aromatic heterocycles. The Balaban J connectivity index is 1.57. The van der Waals surface area contributed by atoms with Gasteiger partial charge in [0, 0.05) is 44.6 Å². The number of carbonyl (C=O) groups is 1. The second-order valence-electron chi connectivity index (χ2n) is 8.43. The Morgan fingerprint density at radius 2 is 1.97 bits per heavy atom. The predicted molar refractivity (Wildman–Crippen MR) is 127 cm³/mol. The zero-order valence-corrected chi connectivity index (χ0v) is 20.0. The molecular formula is C22H31FN6O3S. The highest BCUT2D eigenvalue weighted by molar-refractivity contribution is 7.89. The second-order valence-corrected chi connectivity index (χ2v) is 10.6. The first-order chi connectivity index (χ1) is 15.6. The van der Waals surface area contributed by atoms with E-state index in [4.69, 9.17) is 0 Å². The molecule has 3 rings (SSSR count). The van der Waals surface area contributed by atoms with Crippen molar-refractivity contribution in [2.75, 3.05) is 43.7 Å². The van der Waals surface area contributed by atoms with Gasteiger partial charge in [-0.05, 0) is 62.2 Å². The summed E-state index contributed by atoms with van der Waals surface area (Å²) in [6, 6.07) is 7.53. The monoisotopic (exact) mass is 478 g/mol. The second kappa shape index (κ2) is 11.0. The van der Waals surface area contributed by atoms with E-state index in [1.807, 2.05) is 6.92 Å². The highest BCUT2D eigenvalue weighted by atomic mass is 32.2. The third-order valence-electron chi connectivity index (χ3n) is 5.41. The minimum atomic E-state index is -3.32. The summed E-state index contributed by atoms with van der Waals surface area (Å²) in [5.41, 5.74) is 2.46. The largest absolute Gasteiger partial charge is 0.323 e. The highest BCUT2D eigenvalue weighted by Crippen LogP contribution is 2.19. The maximum Gasteiger partial charge on any atom is 0.323 e. The lowest BCUT2D eigenvalue weighted by Gasteiger charge is -2.33. The summed E-state index contributed by atoms with van der Waals surface area (Å²) < 4.78 is 39.4. The molecule has 180 valence electrons. The van der Waals surface area contributed by atoms with Crippen LogP contribution >= 0.6 is 0 Å². The molecule has 0 radical (unpaired) electrons. The minimum Gasteiger partial charge on any atom is -0.308 e. The number of sulfonamides is 1. The summed E-state index contributed by atoms with van der Waals surface area (Å²) in [5, 5.41) is 8.45. The van der Waals surface area contributed by atoms with Crippen molar-refractivity contribution in [1.29, 1.82) is 0 Å². The number of halogens is 1. The molecule has 0 spiro atoms. The van der Waals surface area contributed by atoms with Crippen molar-refractivity contribution < 1.29 is 17.6 Å². The molecule has 2 amide bonds. The molecule has 11 heteroatoms. The van der Waals surface area contributed by atoms with Gasteiger partial charge in [0.25, 0.3) is 0 Å². The number of anilines is 2. The van der Waals surface area contributed by atoms with Crippen molar-refractivity contribution in [2.45, 2.75) is 32.4 Å². The fourth-order valence-electron chi connectivity index (χ4n) is 3.63. The molecule has 0 saturated carbocycles. The Bertz CT molecular complexity index is 1060. The Hall–Kier alpha value is -2.60. The molecule has 2 aromatic rings. The third-order valence-corrected chi connectivity index (χ3v) is 7.05. The Kier molecular flexibility index (Phi) is 8.35. The number of urea groups is 1. The summed E-state index contributed by atoms with van der Waals surface area (Å²) in [5.74, 6) is -0.554. The van der Waals surface area contributed by atoms with E-state index in [9.17, 15) is 17.6 Å². The van der Waals surface area contributed by atoms with Crippen LogP contribution in [0.4, 0.5) is 20.6 Å². The average molecular weight is 479 g/mol. The van der Waals surface area contributed by atoms with Gasteiger partial charge in [-0.2, -0.15) is 0 Å². The standard InChI is InChI=1S/C22H31FN6O3S/c1-16-6-7-19(12-24-16)26-22(30)27-21-10-17(9-18(23)11-21)13-29-8-4-5-20(14-29)25-15-33(31,32)28(2)3/h6-7,9-12,20,25H,4-5,8,13-15H2,1-3H3,(H2,26,27,30)/t20-/m1/s1. The van der Waals surface area contributed by atoms with Crippen molar-refractivity contribution in [2.24, 2.45) is 0 Å². The predicted octanol–water partition coefficient (Wildman–Crippen LogP) is 2.58. The fourth-order valence-corrected chi connectivity index (χ4v) is 4.33. The van der Waals surface area contributed by atoms with Crippen LogP contribution in [0.1, 0.15) is 24.1 Å². The van der Waals surface area contributed by atoms with Crippen LogP contribution in [0.15, 0.2) is 36.5 Å². The number of pyridine rings is 1. The van der Waals surface area contributed by atoms with E-state index in [0.717, 1.165) is 30.6 Å². The smallest absolute Gasteiger partial charge is 0.308 e. The van der Waals surface area contributed by atoms with Gasteiger partial charge in [0.15, 0.2) is 0 Å². The van der Waals surface area contributed by atoms with Crippen LogP contribution in [0.25, 0.3) is 0 Å². The maximum absolute atomic E-state index is 14.2. The number of rotatable bonds is 8. The van der Waals surface area contributed by atoms with E-state index in [0.29, 0.717) is 24.5 Å². The molecule has 0 unspecified atom stereocenters. The van der Waals surface area contributed by atoms with E-state index in [2.05, 4.69) is 25.8 Å². The molecule has 0 bridgehead atoms. The number of nitrogens with zero attached hydrogens (tertiary/aromatic N) is 3. The summed E-state index contributed by atoms with van der Waals surface area (Å²) in [6.07, 6.45) is 3.34. The lowest BCUT2D eigenvalue weighted by atomic mass is 10.0. The van der Waals surface area contributed by atoms with Crippen LogP contribution in [0.5, 0.6) is 0 Å². The van der Waals surface area contributed by atoms with E-state index in [1.165, 1.54) is 30.5 Å². The van der Waals surface area contributed by atoms with Crippen LogP contribution in [-0.2, 0) is 16.6 Å². The summed E-state index contributed by atoms with van der Waals surface area (Å²) in [6.45, 7) is 3.83. The number of aryl methyl sites for hydroxylation is 1. The van der Waals surface area contributed by atoms with Crippen molar-refractivity contribution in [3.8, 4) is 0 Å². The quantitative estimate of drug-likeness (QED) is 0.539. The van der Waals surface area contributed by atoms with Gasteiger partial charge in [0.1, 0.15) is 11.7 Å². The first-order valence-electron chi connectivity index (χ1n) is 10.8. The van der Waals surface area contributed by atoms with E-state index in [-0.39, 0.29) is 11.9 Å². The first-order valence-corrected chi connectivity index (χ1v) is 12.4. The molecule has 0 aliphatic carbocycles. The van der Waals surface area contributed by atoms with E-state index in [1.54, 1.807) is 24.4 Å². The fraction of sp³-hybridized carbons (Fsp3) is 0.455. The Morgan fingerprint density at radius 1 is 1.21 bits per heavy atom. The lowest BCUT2D eigenvalue weighted by molar-refractivity contribution is 0.186. The zero-order chi connectivity index (χ0) is 24.0. The van der Waals surface area contributed by atoms with Gasteiger partial charge in [-0.1, -0.05) is 0 Å². The lowest BCUT2D eigenvalue weighted by Crippen LogP contribution is -2.47. The molecule has 2 heterocycles. The normalized spacial score (nSPS) is 17.2. The topological polar surface area (TPSA) is 107 Å². The molecule has 1 fully saturated rings. The number of aromatic nitrogens is 1. The number of piperidine rings is 1. The SMILES string of the molecule is Cc1ccc(NC(=O)Nc2cc(F)cc(CN3CCC[C@@H](NCS(=O)(=O)N(C)C)C3)c2)cn1. The highest BCUT2D eigenvalue weighted by Gasteiger charge is 2.22. The van der Waals surface area contributed by atoms with Crippen LogP contribution in [0.2, 0.25) is 0 Å².